The van der Waals surface area contributed by atoms with Gasteiger partial charge >= 0.3 is 0 Å². The molecular weight excluding hydrogens is 266 g/mol. The largest absolute Gasteiger partial charge is 0.496 e. The lowest BCUT2D eigenvalue weighted by molar-refractivity contribution is 0.0500. The fourth-order valence-electron chi connectivity index (χ4n) is 2.45. The minimum absolute atomic E-state index is 0.00163. The lowest BCUT2D eigenvalue weighted by Crippen LogP contribution is -2.45. The first kappa shape index (κ1) is 14.2. The molecule has 1 amide bonds. The fraction of sp³-hybridized carbons (Fsp3) is 0.500. The number of aliphatic hydroxyl groups excluding tert-OH is 1. The summed E-state index contributed by atoms with van der Waals surface area (Å²) in [6, 6.07) is 4.88. The van der Waals surface area contributed by atoms with E-state index in [-0.39, 0.29) is 18.6 Å². The number of ether oxygens (including phenoxy) is 1. The van der Waals surface area contributed by atoms with Crippen LogP contribution in [0.5, 0.6) is 5.75 Å². The van der Waals surface area contributed by atoms with Gasteiger partial charge < -0.3 is 14.7 Å². The van der Waals surface area contributed by atoms with Gasteiger partial charge in [-0.3, -0.25) is 4.79 Å². The molecule has 19 heavy (non-hydrogen) atoms. The maximum absolute atomic E-state index is 12.6. The number of amides is 1. The minimum Gasteiger partial charge on any atom is -0.496 e. The Balaban J connectivity index is 2.27. The van der Waals surface area contributed by atoms with Gasteiger partial charge in [-0.05, 0) is 37.5 Å². The quantitative estimate of drug-likeness (QED) is 0.926. The number of hydrogen-bond acceptors (Lipinski definition) is 3. The van der Waals surface area contributed by atoms with Crippen molar-refractivity contribution in [1.82, 2.24) is 4.90 Å². The van der Waals surface area contributed by atoms with Crippen LogP contribution in [0, 0.1) is 0 Å². The van der Waals surface area contributed by atoms with Crippen molar-refractivity contribution in [1.29, 1.82) is 0 Å². The standard InChI is InChI=1S/C14H18ClNO3/c1-19-13-8-10(15)5-6-12(13)14(18)16-7-3-2-4-11(16)9-17/h5-6,8,11,17H,2-4,7,9H2,1H3. The van der Waals surface area contributed by atoms with E-state index < -0.39 is 0 Å². The molecule has 1 aliphatic heterocycles. The molecule has 1 unspecified atom stereocenters. The van der Waals surface area contributed by atoms with Gasteiger partial charge in [0.1, 0.15) is 5.75 Å². The summed E-state index contributed by atoms with van der Waals surface area (Å²) >= 11 is 5.90. The van der Waals surface area contributed by atoms with Gasteiger partial charge in [-0.2, -0.15) is 0 Å². The van der Waals surface area contributed by atoms with Gasteiger partial charge in [0, 0.05) is 11.6 Å². The second-order valence-corrected chi connectivity index (χ2v) is 5.11. The number of likely N-dealkylation sites (tertiary alicyclic amines) is 1. The Hall–Kier alpha value is -1.26. The lowest BCUT2D eigenvalue weighted by Gasteiger charge is -2.34. The van der Waals surface area contributed by atoms with Crippen LogP contribution >= 0.6 is 11.6 Å². The maximum atomic E-state index is 12.6. The van der Waals surface area contributed by atoms with Crippen molar-refractivity contribution in [2.45, 2.75) is 25.3 Å². The number of nitrogens with zero attached hydrogens (tertiary/aromatic N) is 1. The van der Waals surface area contributed by atoms with Gasteiger partial charge in [0.05, 0.1) is 25.3 Å². The summed E-state index contributed by atoms with van der Waals surface area (Å²) in [7, 11) is 1.52. The van der Waals surface area contributed by atoms with E-state index in [0.717, 1.165) is 19.3 Å². The van der Waals surface area contributed by atoms with Crippen LogP contribution in [-0.4, -0.2) is 42.2 Å². The molecule has 0 radical (unpaired) electrons. The van der Waals surface area contributed by atoms with Crippen molar-refractivity contribution in [2.24, 2.45) is 0 Å². The molecule has 0 spiro atoms. The Morgan fingerprint density at radius 3 is 3.00 bits per heavy atom. The van der Waals surface area contributed by atoms with Crippen LogP contribution in [0.15, 0.2) is 18.2 Å². The Morgan fingerprint density at radius 2 is 2.32 bits per heavy atom. The molecule has 104 valence electrons. The molecule has 4 nitrogen and oxygen atoms in total. The predicted molar refractivity (Wildman–Crippen MR) is 73.8 cm³/mol. The zero-order valence-electron chi connectivity index (χ0n) is 10.9. The van der Waals surface area contributed by atoms with Crippen LogP contribution in [0.3, 0.4) is 0 Å². The zero-order valence-corrected chi connectivity index (χ0v) is 11.7. The smallest absolute Gasteiger partial charge is 0.257 e. The van der Waals surface area contributed by atoms with Gasteiger partial charge in [0.25, 0.3) is 5.91 Å². The molecule has 1 heterocycles. The summed E-state index contributed by atoms with van der Waals surface area (Å²) in [5, 5.41) is 9.91. The van der Waals surface area contributed by atoms with E-state index in [1.165, 1.54) is 7.11 Å². The molecule has 2 rings (SSSR count). The highest BCUT2D eigenvalue weighted by atomic mass is 35.5. The summed E-state index contributed by atoms with van der Waals surface area (Å²) < 4.78 is 5.21. The first-order valence-corrected chi connectivity index (χ1v) is 6.80. The van der Waals surface area contributed by atoms with Gasteiger partial charge in [-0.1, -0.05) is 11.6 Å². The molecule has 0 aliphatic carbocycles. The van der Waals surface area contributed by atoms with Crippen molar-refractivity contribution >= 4 is 17.5 Å². The first-order valence-electron chi connectivity index (χ1n) is 6.42. The molecule has 0 bridgehead atoms. The highest BCUT2D eigenvalue weighted by Crippen LogP contribution is 2.27. The third-order valence-electron chi connectivity index (χ3n) is 3.49. The second kappa shape index (κ2) is 6.26. The Bertz CT molecular complexity index is 464. The van der Waals surface area contributed by atoms with Crippen LogP contribution < -0.4 is 4.74 Å². The van der Waals surface area contributed by atoms with E-state index in [1.54, 1.807) is 23.1 Å². The summed E-state index contributed by atoms with van der Waals surface area (Å²) in [6.07, 6.45) is 2.86. The summed E-state index contributed by atoms with van der Waals surface area (Å²) in [4.78, 5) is 14.3. The van der Waals surface area contributed by atoms with Gasteiger partial charge in [-0.15, -0.1) is 0 Å². The van der Waals surface area contributed by atoms with Crippen molar-refractivity contribution in [3.8, 4) is 5.75 Å². The average Bonchev–Trinajstić information content (AvgIpc) is 2.46. The topological polar surface area (TPSA) is 49.8 Å². The van der Waals surface area contributed by atoms with Gasteiger partial charge in [0.15, 0.2) is 0 Å². The molecule has 1 atom stereocenters. The van der Waals surface area contributed by atoms with Crippen LogP contribution in [0.4, 0.5) is 0 Å². The molecule has 1 N–H and O–H groups in total. The minimum atomic E-state index is -0.104. The Labute approximate surface area is 117 Å². The van der Waals surface area contributed by atoms with Crippen molar-refractivity contribution in [3.05, 3.63) is 28.8 Å². The van der Waals surface area contributed by atoms with E-state index in [2.05, 4.69) is 0 Å². The number of piperidine rings is 1. The molecule has 0 saturated carbocycles. The molecule has 1 saturated heterocycles. The first-order chi connectivity index (χ1) is 9.17. The molecule has 1 fully saturated rings. The number of aliphatic hydroxyl groups is 1. The van der Waals surface area contributed by atoms with Crippen LogP contribution in [0.2, 0.25) is 5.02 Å². The molecule has 0 aromatic heterocycles. The summed E-state index contributed by atoms with van der Waals surface area (Å²) in [6.45, 7) is 0.678. The SMILES string of the molecule is COc1cc(Cl)ccc1C(=O)N1CCCCC1CO. The average molecular weight is 284 g/mol. The lowest BCUT2D eigenvalue weighted by atomic mass is 10.0. The number of hydrogen-bond donors (Lipinski definition) is 1. The van der Waals surface area contributed by atoms with Crippen molar-refractivity contribution < 1.29 is 14.6 Å². The highest BCUT2D eigenvalue weighted by molar-refractivity contribution is 6.30. The van der Waals surface area contributed by atoms with Gasteiger partial charge in [-0.25, -0.2) is 0 Å². The molecule has 1 aromatic rings. The number of carbonyl (C=O) groups excluding carboxylic acids is 1. The maximum Gasteiger partial charge on any atom is 0.257 e. The molecular formula is C14H18ClNO3. The zero-order chi connectivity index (χ0) is 13.8. The van der Waals surface area contributed by atoms with E-state index >= 15 is 0 Å². The predicted octanol–water partition coefficient (Wildman–Crippen LogP) is 2.34. The molecule has 1 aromatic carbocycles. The Kier molecular flexibility index (Phi) is 4.66. The highest BCUT2D eigenvalue weighted by Gasteiger charge is 2.28. The number of benzene rings is 1. The molecule has 1 aliphatic rings. The van der Waals surface area contributed by atoms with Gasteiger partial charge in [0.2, 0.25) is 0 Å². The fourth-order valence-corrected chi connectivity index (χ4v) is 2.62. The number of carbonyl (C=O) groups is 1. The summed E-state index contributed by atoms with van der Waals surface area (Å²) in [5.41, 5.74) is 0.493. The number of halogens is 1. The van der Waals surface area contributed by atoms with E-state index in [0.29, 0.717) is 22.9 Å². The monoisotopic (exact) mass is 283 g/mol. The van der Waals surface area contributed by atoms with Crippen LogP contribution in [0.25, 0.3) is 0 Å². The number of methoxy groups -OCH3 is 1. The third kappa shape index (κ3) is 3.01. The number of rotatable bonds is 3. The van der Waals surface area contributed by atoms with E-state index in [4.69, 9.17) is 16.3 Å². The van der Waals surface area contributed by atoms with E-state index in [9.17, 15) is 9.90 Å². The summed E-state index contributed by atoms with van der Waals surface area (Å²) in [5.74, 6) is 0.368. The van der Waals surface area contributed by atoms with Crippen molar-refractivity contribution in [3.63, 3.8) is 0 Å². The third-order valence-corrected chi connectivity index (χ3v) is 3.73. The normalized spacial score (nSPS) is 19.3. The Morgan fingerprint density at radius 1 is 1.53 bits per heavy atom. The van der Waals surface area contributed by atoms with Crippen LogP contribution in [-0.2, 0) is 0 Å². The van der Waals surface area contributed by atoms with Crippen LogP contribution in [0.1, 0.15) is 29.6 Å². The second-order valence-electron chi connectivity index (χ2n) is 4.68. The van der Waals surface area contributed by atoms with E-state index in [1.807, 2.05) is 0 Å². The van der Waals surface area contributed by atoms with Crippen molar-refractivity contribution in [2.75, 3.05) is 20.3 Å². The molecule has 5 heteroatoms.